The van der Waals surface area contributed by atoms with Gasteiger partial charge in [0.2, 0.25) is 0 Å². The molecular formula is C23H24. The summed E-state index contributed by atoms with van der Waals surface area (Å²) in [5, 5.41) is 0. The highest BCUT2D eigenvalue weighted by molar-refractivity contribution is 5.82. The fraction of sp³-hybridized carbons (Fsp3) is 0.304. The Morgan fingerprint density at radius 1 is 0.783 bits per heavy atom. The first-order chi connectivity index (χ1) is 11.3. The third kappa shape index (κ3) is 2.67. The summed E-state index contributed by atoms with van der Waals surface area (Å²) in [5.41, 5.74) is 7.68. The molecule has 0 nitrogen and oxygen atoms in total. The van der Waals surface area contributed by atoms with E-state index in [1.165, 1.54) is 42.4 Å². The van der Waals surface area contributed by atoms with Crippen LogP contribution in [0.1, 0.15) is 49.7 Å². The van der Waals surface area contributed by atoms with E-state index in [1.54, 1.807) is 11.1 Å². The average molecular weight is 300 g/mol. The van der Waals surface area contributed by atoms with Gasteiger partial charge >= 0.3 is 0 Å². The van der Waals surface area contributed by atoms with Gasteiger partial charge in [-0.05, 0) is 53.9 Å². The Balaban J connectivity index is 1.84. The van der Waals surface area contributed by atoms with Crippen LogP contribution in [0.5, 0.6) is 0 Å². The lowest BCUT2D eigenvalue weighted by molar-refractivity contribution is 0.528. The first kappa shape index (κ1) is 14.5. The highest BCUT2D eigenvalue weighted by Gasteiger charge is 2.31. The molecule has 2 atom stereocenters. The van der Waals surface area contributed by atoms with E-state index in [2.05, 4.69) is 73.7 Å². The molecular weight excluding hydrogens is 276 g/mol. The lowest BCUT2D eigenvalue weighted by atomic mass is 9.69. The molecule has 0 heterocycles. The topological polar surface area (TPSA) is 0 Å². The van der Waals surface area contributed by atoms with E-state index in [1.807, 2.05) is 0 Å². The summed E-state index contributed by atoms with van der Waals surface area (Å²) < 4.78 is 0. The summed E-state index contributed by atoms with van der Waals surface area (Å²) in [5.74, 6) is 1.13. The maximum Gasteiger partial charge on any atom is 0.00903 e. The van der Waals surface area contributed by atoms with Crippen LogP contribution in [-0.2, 0) is 0 Å². The molecule has 2 aliphatic carbocycles. The SMILES string of the molecule is C[C@H]1C2=C(CCCC2)C(c2ccccc2)=C[C@@H]1c1ccccc1. The monoisotopic (exact) mass is 300 g/mol. The van der Waals surface area contributed by atoms with Crippen LogP contribution in [0.25, 0.3) is 5.57 Å². The highest BCUT2D eigenvalue weighted by atomic mass is 14.3. The van der Waals surface area contributed by atoms with Crippen LogP contribution in [0.2, 0.25) is 0 Å². The molecule has 0 fully saturated rings. The van der Waals surface area contributed by atoms with Crippen LogP contribution >= 0.6 is 0 Å². The fourth-order valence-corrected chi connectivity index (χ4v) is 4.33. The van der Waals surface area contributed by atoms with Crippen LogP contribution in [0.3, 0.4) is 0 Å². The minimum absolute atomic E-state index is 0.503. The summed E-state index contributed by atoms with van der Waals surface area (Å²) in [7, 11) is 0. The standard InChI is InChI=1S/C23H24/c1-17-20-14-8-9-15-21(20)23(19-12-6-3-7-13-19)16-22(17)18-10-4-2-5-11-18/h2-7,10-13,16-17,22H,8-9,14-15H2,1H3/t17-,22-/m0/s1. The number of benzene rings is 2. The van der Waals surface area contributed by atoms with E-state index < -0.39 is 0 Å². The van der Waals surface area contributed by atoms with E-state index in [0.29, 0.717) is 11.8 Å². The number of hydrogen-bond acceptors (Lipinski definition) is 0. The number of rotatable bonds is 2. The number of hydrogen-bond donors (Lipinski definition) is 0. The second-order valence-electron chi connectivity index (χ2n) is 6.88. The van der Waals surface area contributed by atoms with Crippen molar-refractivity contribution >= 4 is 5.57 Å². The Morgan fingerprint density at radius 3 is 2.17 bits per heavy atom. The van der Waals surface area contributed by atoms with Crippen molar-refractivity contribution in [3.05, 3.63) is 89.0 Å². The quantitative estimate of drug-likeness (QED) is 0.604. The summed E-state index contributed by atoms with van der Waals surface area (Å²) in [6, 6.07) is 22.0. The third-order valence-corrected chi connectivity index (χ3v) is 5.54. The Hall–Kier alpha value is -2.08. The summed E-state index contributed by atoms with van der Waals surface area (Å²) in [6.07, 6.45) is 7.77. The van der Waals surface area contributed by atoms with E-state index in [0.717, 1.165) is 0 Å². The molecule has 4 rings (SSSR count). The zero-order chi connectivity index (χ0) is 15.6. The van der Waals surface area contributed by atoms with E-state index in [-0.39, 0.29) is 0 Å². The highest BCUT2D eigenvalue weighted by Crippen LogP contribution is 2.48. The van der Waals surface area contributed by atoms with Crippen molar-refractivity contribution in [1.29, 1.82) is 0 Å². The first-order valence-corrected chi connectivity index (χ1v) is 8.89. The molecule has 0 heteroatoms. The van der Waals surface area contributed by atoms with Gasteiger partial charge in [0.15, 0.2) is 0 Å². The van der Waals surface area contributed by atoms with Crippen molar-refractivity contribution in [1.82, 2.24) is 0 Å². The maximum atomic E-state index is 2.54. The molecule has 2 aromatic carbocycles. The number of allylic oxidation sites excluding steroid dienone is 4. The van der Waals surface area contributed by atoms with Gasteiger partial charge < -0.3 is 0 Å². The van der Waals surface area contributed by atoms with Gasteiger partial charge in [0, 0.05) is 5.92 Å². The molecule has 2 aliphatic rings. The van der Waals surface area contributed by atoms with Gasteiger partial charge in [-0.2, -0.15) is 0 Å². The Labute approximate surface area is 139 Å². The maximum absolute atomic E-state index is 2.54. The van der Waals surface area contributed by atoms with Crippen molar-refractivity contribution in [3.63, 3.8) is 0 Å². The van der Waals surface area contributed by atoms with Crippen molar-refractivity contribution in [2.75, 3.05) is 0 Å². The molecule has 0 spiro atoms. The zero-order valence-corrected chi connectivity index (χ0v) is 13.8. The molecule has 0 radical (unpaired) electrons. The summed E-state index contributed by atoms with van der Waals surface area (Å²) in [4.78, 5) is 0. The summed E-state index contributed by atoms with van der Waals surface area (Å²) >= 11 is 0. The average Bonchev–Trinajstić information content (AvgIpc) is 2.64. The molecule has 0 aromatic heterocycles. The van der Waals surface area contributed by atoms with Crippen molar-refractivity contribution in [3.8, 4) is 0 Å². The van der Waals surface area contributed by atoms with Crippen LogP contribution in [0.15, 0.2) is 77.9 Å². The minimum Gasteiger partial charge on any atom is -0.0683 e. The molecule has 116 valence electrons. The second kappa shape index (κ2) is 6.20. The van der Waals surface area contributed by atoms with E-state index in [4.69, 9.17) is 0 Å². The lowest BCUT2D eigenvalue weighted by Crippen LogP contribution is -2.20. The van der Waals surface area contributed by atoms with Gasteiger partial charge in [-0.3, -0.25) is 0 Å². The molecule has 0 saturated carbocycles. The molecule has 0 saturated heterocycles. The van der Waals surface area contributed by atoms with Gasteiger partial charge in [-0.25, -0.2) is 0 Å². The molecule has 0 N–H and O–H groups in total. The Bertz CT molecular complexity index is 734. The Morgan fingerprint density at radius 2 is 1.43 bits per heavy atom. The first-order valence-electron chi connectivity index (χ1n) is 8.89. The van der Waals surface area contributed by atoms with Crippen molar-refractivity contribution < 1.29 is 0 Å². The van der Waals surface area contributed by atoms with Crippen LogP contribution < -0.4 is 0 Å². The molecule has 23 heavy (non-hydrogen) atoms. The second-order valence-corrected chi connectivity index (χ2v) is 6.88. The predicted molar refractivity (Wildman–Crippen MR) is 98.3 cm³/mol. The minimum atomic E-state index is 0.503. The third-order valence-electron chi connectivity index (χ3n) is 5.54. The molecule has 0 amide bonds. The van der Waals surface area contributed by atoms with Crippen molar-refractivity contribution in [2.24, 2.45) is 5.92 Å². The van der Waals surface area contributed by atoms with E-state index >= 15 is 0 Å². The van der Waals surface area contributed by atoms with Gasteiger partial charge in [-0.15, -0.1) is 0 Å². The normalized spacial score (nSPS) is 24.1. The van der Waals surface area contributed by atoms with Crippen LogP contribution in [0.4, 0.5) is 0 Å². The Kier molecular flexibility index (Phi) is 3.91. The molecule has 0 aliphatic heterocycles. The molecule has 0 bridgehead atoms. The lowest BCUT2D eigenvalue weighted by Gasteiger charge is -2.36. The predicted octanol–water partition coefficient (Wildman–Crippen LogP) is 6.37. The smallest absolute Gasteiger partial charge is 0.00903 e. The molecule has 0 unspecified atom stereocenters. The van der Waals surface area contributed by atoms with E-state index in [9.17, 15) is 0 Å². The van der Waals surface area contributed by atoms with Gasteiger partial charge in [0.05, 0.1) is 0 Å². The largest absolute Gasteiger partial charge is 0.0683 e. The van der Waals surface area contributed by atoms with Crippen LogP contribution in [-0.4, -0.2) is 0 Å². The van der Waals surface area contributed by atoms with Gasteiger partial charge in [0.25, 0.3) is 0 Å². The zero-order valence-electron chi connectivity index (χ0n) is 13.8. The van der Waals surface area contributed by atoms with Crippen LogP contribution in [0, 0.1) is 5.92 Å². The molecule has 2 aromatic rings. The summed E-state index contributed by atoms with van der Waals surface area (Å²) in [6.45, 7) is 2.43. The van der Waals surface area contributed by atoms with Gasteiger partial charge in [0.1, 0.15) is 0 Å². The fourth-order valence-electron chi connectivity index (χ4n) is 4.33. The van der Waals surface area contributed by atoms with Crippen molar-refractivity contribution in [2.45, 2.75) is 38.5 Å². The van der Waals surface area contributed by atoms with Gasteiger partial charge in [-0.1, -0.05) is 79.2 Å².